The number of esters is 2. The van der Waals surface area contributed by atoms with Gasteiger partial charge < -0.3 is 20.1 Å². The Kier molecular flexibility index (Phi) is 51.7. The first kappa shape index (κ1) is 65.0. The summed E-state index contributed by atoms with van der Waals surface area (Å²) in [6.07, 6.45) is 64.7. The fourth-order valence-electron chi connectivity index (χ4n) is 8.06. The highest BCUT2D eigenvalue weighted by atomic mass is 31.2. The molecule has 0 aromatic carbocycles. The quantitative estimate of drug-likeness (QED) is 0.0264. The Bertz CT molecular complexity index is 1240. The van der Waals surface area contributed by atoms with Gasteiger partial charge in [0, 0.05) is 19.4 Å². The Morgan fingerprint density at radius 1 is 0.463 bits per heavy atom. The van der Waals surface area contributed by atoms with E-state index in [-0.39, 0.29) is 38.6 Å². The molecule has 10 heteroatoms. The standard InChI is InChI=1S/C57H106NO8P/c1-3-5-7-9-11-13-15-17-19-20-21-22-23-24-25-26-27-28-29-30-31-32-33-34-36-37-39-41-43-45-47-49-56(59)63-53-55(54-65-67(61,62)64-52-51-58)66-57(60)50-48-46-44-42-40-38-35-18-16-14-12-10-8-6-4-2/h6,8,12,14,18,20-21,35,55H,3-5,7,9-11,13,15-17,19,22-34,36-54,58H2,1-2H3,(H,61,62)/b8-6-,14-12-,21-20-,35-18-. The number of carbonyl (C=O) groups excluding carboxylic acids is 2. The molecule has 2 unspecified atom stereocenters. The number of carbonyl (C=O) groups is 2. The summed E-state index contributed by atoms with van der Waals surface area (Å²) in [5.74, 6) is -0.839. The van der Waals surface area contributed by atoms with Crippen LogP contribution >= 0.6 is 7.82 Å². The van der Waals surface area contributed by atoms with Crippen molar-refractivity contribution < 1.29 is 37.6 Å². The molecule has 0 aromatic heterocycles. The van der Waals surface area contributed by atoms with Gasteiger partial charge in [-0.15, -0.1) is 0 Å². The lowest BCUT2D eigenvalue weighted by atomic mass is 10.0. The summed E-state index contributed by atoms with van der Waals surface area (Å²) in [4.78, 5) is 35.1. The highest BCUT2D eigenvalue weighted by molar-refractivity contribution is 7.47. The summed E-state index contributed by atoms with van der Waals surface area (Å²) in [5.41, 5.74) is 5.37. The van der Waals surface area contributed by atoms with Crippen molar-refractivity contribution in [1.29, 1.82) is 0 Å². The topological polar surface area (TPSA) is 134 Å². The van der Waals surface area contributed by atoms with Crippen LogP contribution in [0.1, 0.15) is 271 Å². The summed E-state index contributed by atoms with van der Waals surface area (Å²) in [5, 5.41) is 0. The molecule has 0 fully saturated rings. The van der Waals surface area contributed by atoms with Crippen LogP contribution in [0.15, 0.2) is 48.6 Å². The van der Waals surface area contributed by atoms with Gasteiger partial charge in [-0.25, -0.2) is 4.57 Å². The van der Waals surface area contributed by atoms with Crippen LogP contribution in [0.3, 0.4) is 0 Å². The van der Waals surface area contributed by atoms with E-state index in [2.05, 4.69) is 62.5 Å². The molecule has 67 heavy (non-hydrogen) atoms. The number of hydrogen-bond donors (Lipinski definition) is 2. The first-order chi connectivity index (χ1) is 32.8. The number of phosphoric acid groups is 1. The van der Waals surface area contributed by atoms with Gasteiger partial charge in [-0.2, -0.15) is 0 Å². The molecule has 9 nitrogen and oxygen atoms in total. The molecular formula is C57H106NO8P. The second kappa shape index (κ2) is 53.3. The van der Waals surface area contributed by atoms with E-state index in [0.29, 0.717) is 6.42 Å². The van der Waals surface area contributed by atoms with E-state index in [1.54, 1.807) is 0 Å². The Morgan fingerprint density at radius 2 is 0.821 bits per heavy atom. The van der Waals surface area contributed by atoms with E-state index < -0.39 is 26.5 Å². The van der Waals surface area contributed by atoms with E-state index >= 15 is 0 Å². The van der Waals surface area contributed by atoms with Gasteiger partial charge in [-0.1, -0.05) is 236 Å². The third kappa shape index (κ3) is 53.2. The lowest BCUT2D eigenvalue weighted by Gasteiger charge is -2.19. The molecule has 0 saturated heterocycles. The molecule has 0 radical (unpaired) electrons. The zero-order chi connectivity index (χ0) is 48.8. The Labute approximate surface area is 413 Å². The number of phosphoric ester groups is 1. The van der Waals surface area contributed by atoms with Gasteiger partial charge in [0.2, 0.25) is 0 Å². The van der Waals surface area contributed by atoms with Crippen LogP contribution in [0.25, 0.3) is 0 Å². The minimum atomic E-state index is -4.39. The van der Waals surface area contributed by atoms with Crippen molar-refractivity contribution in [3.05, 3.63) is 48.6 Å². The highest BCUT2D eigenvalue weighted by Gasteiger charge is 2.26. The van der Waals surface area contributed by atoms with E-state index in [9.17, 15) is 19.0 Å². The summed E-state index contributed by atoms with van der Waals surface area (Å²) in [6, 6.07) is 0. The van der Waals surface area contributed by atoms with Gasteiger partial charge >= 0.3 is 19.8 Å². The fourth-order valence-corrected chi connectivity index (χ4v) is 8.82. The lowest BCUT2D eigenvalue weighted by Crippen LogP contribution is -2.29. The van der Waals surface area contributed by atoms with Crippen LogP contribution < -0.4 is 5.73 Å². The zero-order valence-electron chi connectivity index (χ0n) is 43.6. The van der Waals surface area contributed by atoms with Crippen LogP contribution in [-0.4, -0.2) is 49.3 Å². The Morgan fingerprint density at radius 3 is 1.24 bits per heavy atom. The SMILES string of the molecule is CC/C=C\C/C=C\C/C=C\CCCCCCCC(=O)OC(COC(=O)CCCCCCCCCCCCCCCCCCCCC/C=C\CCCCCCCCCC)COP(=O)(O)OCCN. The maximum absolute atomic E-state index is 12.6. The molecule has 0 amide bonds. The van der Waals surface area contributed by atoms with Gasteiger partial charge in [0.25, 0.3) is 0 Å². The maximum Gasteiger partial charge on any atom is 0.472 e. The number of ether oxygens (including phenoxy) is 2. The van der Waals surface area contributed by atoms with Gasteiger partial charge in [-0.3, -0.25) is 18.6 Å². The molecule has 0 bridgehead atoms. The smallest absolute Gasteiger partial charge is 0.462 e. The van der Waals surface area contributed by atoms with Crippen molar-refractivity contribution >= 4 is 19.8 Å². The molecule has 0 aliphatic carbocycles. The summed E-state index contributed by atoms with van der Waals surface area (Å²) < 4.78 is 32.9. The molecule has 0 heterocycles. The maximum atomic E-state index is 12.6. The van der Waals surface area contributed by atoms with Crippen molar-refractivity contribution in [1.82, 2.24) is 0 Å². The summed E-state index contributed by atoms with van der Waals surface area (Å²) in [7, 11) is -4.39. The van der Waals surface area contributed by atoms with Crippen LogP contribution in [0.4, 0.5) is 0 Å². The first-order valence-electron chi connectivity index (χ1n) is 28.1. The van der Waals surface area contributed by atoms with Crippen LogP contribution in [-0.2, 0) is 32.7 Å². The molecule has 0 rings (SSSR count). The summed E-state index contributed by atoms with van der Waals surface area (Å²) in [6.45, 7) is 3.63. The minimum absolute atomic E-state index is 0.0500. The average molecular weight is 964 g/mol. The Balaban J connectivity index is 3.87. The van der Waals surface area contributed by atoms with Crippen molar-refractivity contribution in [3.63, 3.8) is 0 Å². The molecule has 0 aliphatic rings. The van der Waals surface area contributed by atoms with Crippen molar-refractivity contribution in [2.45, 2.75) is 277 Å². The normalized spacial score (nSPS) is 13.4. The lowest BCUT2D eigenvalue weighted by molar-refractivity contribution is -0.161. The second-order valence-electron chi connectivity index (χ2n) is 18.8. The van der Waals surface area contributed by atoms with Crippen molar-refractivity contribution in [2.75, 3.05) is 26.4 Å². The molecule has 0 spiro atoms. The van der Waals surface area contributed by atoms with Gasteiger partial charge in [0.15, 0.2) is 6.10 Å². The molecule has 0 aromatic rings. The van der Waals surface area contributed by atoms with Crippen LogP contribution in [0.2, 0.25) is 0 Å². The molecule has 0 saturated carbocycles. The van der Waals surface area contributed by atoms with Crippen LogP contribution in [0, 0.1) is 0 Å². The third-order valence-electron chi connectivity index (χ3n) is 12.2. The van der Waals surface area contributed by atoms with Gasteiger partial charge in [0.05, 0.1) is 13.2 Å². The number of unbranched alkanes of at least 4 members (excludes halogenated alkanes) is 32. The van der Waals surface area contributed by atoms with E-state index in [0.717, 1.165) is 70.6 Å². The zero-order valence-corrected chi connectivity index (χ0v) is 44.5. The highest BCUT2D eigenvalue weighted by Crippen LogP contribution is 2.43. The van der Waals surface area contributed by atoms with Gasteiger partial charge in [-0.05, 0) is 70.6 Å². The number of hydrogen-bond acceptors (Lipinski definition) is 8. The molecule has 2 atom stereocenters. The van der Waals surface area contributed by atoms with Crippen molar-refractivity contribution in [3.8, 4) is 0 Å². The molecule has 3 N–H and O–H groups in total. The number of allylic oxidation sites excluding steroid dienone is 8. The van der Waals surface area contributed by atoms with E-state index in [1.807, 2.05) is 0 Å². The summed E-state index contributed by atoms with van der Waals surface area (Å²) >= 11 is 0. The van der Waals surface area contributed by atoms with Crippen molar-refractivity contribution in [2.24, 2.45) is 5.73 Å². The molecule has 392 valence electrons. The van der Waals surface area contributed by atoms with E-state index in [4.69, 9.17) is 24.3 Å². The monoisotopic (exact) mass is 964 g/mol. The number of rotatable bonds is 53. The molecule has 0 aliphatic heterocycles. The van der Waals surface area contributed by atoms with E-state index in [1.165, 1.54) is 167 Å². The average Bonchev–Trinajstić information content (AvgIpc) is 3.32. The second-order valence-corrected chi connectivity index (χ2v) is 20.2. The third-order valence-corrected chi connectivity index (χ3v) is 13.2. The Hall–Kier alpha value is -2.03. The predicted molar refractivity (Wildman–Crippen MR) is 284 cm³/mol. The molecular weight excluding hydrogens is 858 g/mol. The largest absolute Gasteiger partial charge is 0.472 e. The minimum Gasteiger partial charge on any atom is -0.462 e. The predicted octanol–water partition coefficient (Wildman–Crippen LogP) is 17.4. The van der Waals surface area contributed by atoms with Crippen LogP contribution in [0.5, 0.6) is 0 Å². The fraction of sp³-hybridized carbons (Fsp3) is 0.825. The van der Waals surface area contributed by atoms with Gasteiger partial charge in [0.1, 0.15) is 6.61 Å². The first-order valence-corrected chi connectivity index (χ1v) is 29.6. The number of nitrogens with two attached hydrogens (primary N) is 1.